The first kappa shape index (κ1) is 14.0. The molecular formula is C12H22O3. The molecule has 0 heterocycles. The molecule has 0 aromatic rings. The highest BCUT2D eigenvalue weighted by Gasteiger charge is 1.82. The van der Waals surface area contributed by atoms with Crippen LogP contribution in [-0.2, 0) is 14.2 Å². The summed E-state index contributed by atoms with van der Waals surface area (Å²) in [6, 6.07) is 0. The van der Waals surface area contributed by atoms with Gasteiger partial charge in [-0.25, -0.2) is 0 Å². The van der Waals surface area contributed by atoms with Crippen LogP contribution in [0.5, 0.6) is 0 Å². The van der Waals surface area contributed by atoms with E-state index in [0.717, 1.165) is 25.7 Å². The Bertz CT molecular complexity index is 146. The van der Waals surface area contributed by atoms with Gasteiger partial charge in [-0.3, -0.25) is 0 Å². The molecule has 0 fully saturated rings. The molecule has 15 heavy (non-hydrogen) atoms. The summed E-state index contributed by atoms with van der Waals surface area (Å²) in [5, 5.41) is 0. The van der Waals surface area contributed by atoms with Gasteiger partial charge in [-0.15, -0.1) is 0 Å². The van der Waals surface area contributed by atoms with E-state index in [0.29, 0.717) is 0 Å². The molecule has 0 saturated carbocycles. The van der Waals surface area contributed by atoms with Gasteiger partial charge < -0.3 is 14.2 Å². The fourth-order valence-corrected chi connectivity index (χ4v) is 0.814. The summed E-state index contributed by atoms with van der Waals surface area (Å²) >= 11 is 0. The summed E-state index contributed by atoms with van der Waals surface area (Å²) < 4.78 is 15.2. The second-order valence-electron chi connectivity index (χ2n) is 3.09. The molecule has 0 radical (unpaired) electrons. The van der Waals surface area contributed by atoms with Crippen LogP contribution in [0.3, 0.4) is 0 Å². The molecule has 3 nitrogen and oxygen atoms in total. The molecule has 0 unspecified atom stereocenters. The quantitative estimate of drug-likeness (QED) is 0.316. The van der Waals surface area contributed by atoms with Crippen LogP contribution < -0.4 is 0 Å². The minimum absolute atomic E-state index is 0.238. The summed E-state index contributed by atoms with van der Waals surface area (Å²) in [6.45, 7) is 4.72. The Labute approximate surface area is 92.7 Å². The first-order valence-corrected chi connectivity index (χ1v) is 5.52. The zero-order chi connectivity index (χ0) is 11.2. The normalized spacial score (nSPS) is 11.3. The summed E-state index contributed by atoms with van der Waals surface area (Å²) in [7, 11) is 0. The van der Waals surface area contributed by atoms with Crippen molar-refractivity contribution in [3.63, 3.8) is 0 Å². The van der Waals surface area contributed by atoms with Crippen molar-refractivity contribution in [1.29, 1.82) is 0 Å². The van der Waals surface area contributed by atoms with Crippen LogP contribution in [-0.4, -0.2) is 13.6 Å². The van der Waals surface area contributed by atoms with Crippen LogP contribution in [0.2, 0.25) is 0 Å². The second-order valence-corrected chi connectivity index (χ2v) is 3.09. The van der Waals surface area contributed by atoms with E-state index < -0.39 is 0 Å². The maximum atomic E-state index is 5.06. The molecule has 0 aliphatic carbocycles. The van der Waals surface area contributed by atoms with E-state index in [4.69, 9.17) is 14.2 Å². The zero-order valence-electron chi connectivity index (χ0n) is 9.78. The Morgan fingerprint density at radius 3 is 1.67 bits per heavy atom. The number of rotatable bonds is 10. The maximum absolute atomic E-state index is 5.06. The van der Waals surface area contributed by atoms with Crippen LogP contribution in [0.1, 0.15) is 39.5 Å². The molecule has 0 aromatic heterocycles. The molecule has 0 aliphatic rings. The standard InChI is InChI=1S/C12H22O3/c1-3-5-7-9-13-11-15-12-14-10-8-6-4-2/h7-10H,3-6,11-12H2,1-2H3/b9-7+,10-8+. The number of unbranched alkanes of at least 4 members (excludes halogenated alkanes) is 2. The molecule has 0 N–H and O–H groups in total. The Hall–Kier alpha value is -0.960. The van der Waals surface area contributed by atoms with E-state index >= 15 is 0 Å². The van der Waals surface area contributed by atoms with Crippen molar-refractivity contribution in [2.75, 3.05) is 13.6 Å². The highest BCUT2D eigenvalue weighted by molar-refractivity contribution is 4.72. The second kappa shape index (κ2) is 13.0. The lowest BCUT2D eigenvalue weighted by Gasteiger charge is -2.02. The SMILES string of the molecule is CCC/C=C/OCOCO/C=C/CCC. The van der Waals surface area contributed by atoms with Crippen molar-refractivity contribution >= 4 is 0 Å². The number of hydrogen-bond donors (Lipinski definition) is 0. The van der Waals surface area contributed by atoms with E-state index in [2.05, 4.69) is 13.8 Å². The molecule has 0 aliphatic heterocycles. The smallest absolute Gasteiger partial charge is 0.191 e. The minimum Gasteiger partial charge on any atom is -0.475 e. The van der Waals surface area contributed by atoms with Crippen molar-refractivity contribution in [1.82, 2.24) is 0 Å². The lowest BCUT2D eigenvalue weighted by Crippen LogP contribution is -1.98. The van der Waals surface area contributed by atoms with Crippen molar-refractivity contribution in [3.05, 3.63) is 24.7 Å². The van der Waals surface area contributed by atoms with Gasteiger partial charge in [0, 0.05) is 0 Å². The first-order valence-electron chi connectivity index (χ1n) is 5.52. The fraction of sp³-hybridized carbons (Fsp3) is 0.667. The molecule has 88 valence electrons. The van der Waals surface area contributed by atoms with Gasteiger partial charge in [0.05, 0.1) is 12.5 Å². The third-order valence-electron chi connectivity index (χ3n) is 1.60. The molecule has 0 aromatic carbocycles. The number of hydrogen-bond acceptors (Lipinski definition) is 3. The van der Waals surface area contributed by atoms with Gasteiger partial charge in [0.25, 0.3) is 0 Å². The van der Waals surface area contributed by atoms with Crippen LogP contribution in [0.15, 0.2) is 24.7 Å². The van der Waals surface area contributed by atoms with Gasteiger partial charge in [-0.1, -0.05) is 26.7 Å². The van der Waals surface area contributed by atoms with Gasteiger partial charge >= 0.3 is 0 Å². The maximum Gasteiger partial charge on any atom is 0.191 e. The van der Waals surface area contributed by atoms with Crippen molar-refractivity contribution < 1.29 is 14.2 Å². The largest absolute Gasteiger partial charge is 0.475 e. The summed E-state index contributed by atoms with van der Waals surface area (Å²) in [6.07, 6.45) is 11.6. The highest BCUT2D eigenvalue weighted by atomic mass is 16.7. The first-order chi connectivity index (χ1) is 7.41. The van der Waals surface area contributed by atoms with Crippen molar-refractivity contribution in [2.24, 2.45) is 0 Å². The van der Waals surface area contributed by atoms with Gasteiger partial charge in [-0.05, 0) is 25.0 Å². The van der Waals surface area contributed by atoms with E-state index in [9.17, 15) is 0 Å². The predicted octanol–water partition coefficient (Wildman–Crippen LogP) is 3.58. The molecule has 0 bridgehead atoms. The minimum atomic E-state index is 0.238. The average molecular weight is 214 g/mol. The van der Waals surface area contributed by atoms with Crippen LogP contribution in [0, 0.1) is 0 Å². The van der Waals surface area contributed by atoms with Crippen LogP contribution in [0.4, 0.5) is 0 Å². The van der Waals surface area contributed by atoms with E-state index in [1.54, 1.807) is 12.5 Å². The van der Waals surface area contributed by atoms with Crippen molar-refractivity contribution in [2.45, 2.75) is 39.5 Å². The van der Waals surface area contributed by atoms with Crippen molar-refractivity contribution in [3.8, 4) is 0 Å². The summed E-state index contributed by atoms with van der Waals surface area (Å²) in [5.41, 5.74) is 0. The Kier molecular flexibility index (Phi) is 12.2. The Morgan fingerprint density at radius 2 is 1.27 bits per heavy atom. The number of allylic oxidation sites excluding steroid dienone is 2. The Morgan fingerprint density at radius 1 is 0.800 bits per heavy atom. The Balaban J connectivity index is 3.04. The molecule has 0 amide bonds. The lowest BCUT2D eigenvalue weighted by molar-refractivity contribution is -0.0864. The van der Waals surface area contributed by atoms with Crippen LogP contribution >= 0.6 is 0 Å². The third-order valence-corrected chi connectivity index (χ3v) is 1.60. The third kappa shape index (κ3) is 13.0. The number of ether oxygens (including phenoxy) is 3. The lowest BCUT2D eigenvalue weighted by atomic mass is 10.3. The van der Waals surface area contributed by atoms with Gasteiger partial charge in [0.15, 0.2) is 13.6 Å². The molecule has 0 rings (SSSR count). The fourth-order valence-electron chi connectivity index (χ4n) is 0.814. The highest BCUT2D eigenvalue weighted by Crippen LogP contribution is 1.91. The molecule has 0 saturated heterocycles. The monoisotopic (exact) mass is 214 g/mol. The van der Waals surface area contributed by atoms with Gasteiger partial charge in [0.2, 0.25) is 0 Å². The van der Waals surface area contributed by atoms with E-state index in [1.807, 2.05) is 12.2 Å². The predicted molar refractivity (Wildman–Crippen MR) is 61.1 cm³/mol. The summed E-state index contributed by atoms with van der Waals surface area (Å²) in [5.74, 6) is 0. The van der Waals surface area contributed by atoms with E-state index in [-0.39, 0.29) is 13.6 Å². The zero-order valence-corrected chi connectivity index (χ0v) is 9.78. The van der Waals surface area contributed by atoms with Crippen LogP contribution in [0.25, 0.3) is 0 Å². The van der Waals surface area contributed by atoms with Gasteiger partial charge in [0.1, 0.15) is 0 Å². The topological polar surface area (TPSA) is 27.7 Å². The van der Waals surface area contributed by atoms with E-state index in [1.165, 1.54) is 0 Å². The molecule has 0 spiro atoms. The van der Waals surface area contributed by atoms with Gasteiger partial charge in [-0.2, -0.15) is 0 Å². The molecular weight excluding hydrogens is 192 g/mol. The molecule has 0 atom stereocenters. The summed E-state index contributed by atoms with van der Waals surface area (Å²) in [4.78, 5) is 0. The molecule has 3 heteroatoms. The average Bonchev–Trinajstić information content (AvgIpc) is 2.26.